The maximum Gasteiger partial charge on any atom is 0.232 e. The Morgan fingerprint density at radius 2 is 1.81 bits per heavy atom. The number of piperazine rings is 1. The maximum atomic E-state index is 14.1. The smallest absolute Gasteiger partial charge is 0.232 e. The summed E-state index contributed by atoms with van der Waals surface area (Å²) in [5.74, 6) is -0.188. The molecule has 3 heterocycles. The van der Waals surface area contributed by atoms with Gasteiger partial charge in [-0.1, -0.05) is 12.1 Å². The molecule has 1 N–H and O–H groups in total. The fraction of sp³-hybridized carbons (Fsp3) is 0.208. The van der Waals surface area contributed by atoms with Crippen LogP contribution in [0.25, 0.3) is 11.0 Å². The Bertz CT molecular complexity index is 1220. The number of para-hydroxylation sites is 1. The summed E-state index contributed by atoms with van der Waals surface area (Å²) in [5, 5.41) is 11.2. The maximum absolute atomic E-state index is 14.1. The zero-order valence-electron chi connectivity index (χ0n) is 16.8. The Morgan fingerprint density at radius 1 is 1.00 bits per heavy atom. The number of anilines is 1. The van der Waals surface area contributed by atoms with Crippen molar-refractivity contribution in [2.24, 2.45) is 0 Å². The van der Waals surface area contributed by atoms with E-state index in [4.69, 9.17) is 8.83 Å². The molecule has 0 bridgehead atoms. The standard InChI is InChI=1S/C24H21FN2O4/c25-18-4-1-2-5-19(18)27-11-9-26(10-12-27)14-16-20(28)7-8-21-23(16)17(15-31-21)24(29)22-6-3-13-30-22/h1-8,13,15,28H,9-12,14H2. The Morgan fingerprint density at radius 3 is 2.55 bits per heavy atom. The summed E-state index contributed by atoms with van der Waals surface area (Å²) >= 11 is 0. The van der Waals surface area contributed by atoms with Crippen LogP contribution in [-0.2, 0) is 6.54 Å². The number of aromatic hydroxyl groups is 1. The average Bonchev–Trinajstić information content (AvgIpc) is 3.47. The molecule has 0 saturated carbocycles. The third kappa shape index (κ3) is 3.57. The Hall–Kier alpha value is -3.58. The number of carbonyl (C=O) groups is 1. The van der Waals surface area contributed by atoms with E-state index in [1.54, 1.807) is 36.4 Å². The molecule has 1 saturated heterocycles. The van der Waals surface area contributed by atoms with Crippen LogP contribution in [-0.4, -0.2) is 42.0 Å². The SMILES string of the molecule is O=C(c1ccco1)c1coc2ccc(O)c(CN3CCN(c4ccccc4F)CC3)c12. The zero-order valence-corrected chi connectivity index (χ0v) is 16.8. The van der Waals surface area contributed by atoms with Gasteiger partial charge in [-0.2, -0.15) is 0 Å². The van der Waals surface area contributed by atoms with Crippen LogP contribution in [0.4, 0.5) is 10.1 Å². The first-order chi connectivity index (χ1) is 15.1. The number of fused-ring (bicyclic) bond motifs is 1. The first-order valence-electron chi connectivity index (χ1n) is 10.1. The highest BCUT2D eigenvalue weighted by Gasteiger charge is 2.25. The van der Waals surface area contributed by atoms with E-state index in [-0.39, 0.29) is 23.1 Å². The van der Waals surface area contributed by atoms with Gasteiger partial charge in [0.25, 0.3) is 0 Å². The monoisotopic (exact) mass is 420 g/mol. The van der Waals surface area contributed by atoms with Crippen molar-refractivity contribution >= 4 is 22.4 Å². The van der Waals surface area contributed by atoms with Gasteiger partial charge in [-0.3, -0.25) is 9.69 Å². The number of rotatable bonds is 5. The molecule has 1 fully saturated rings. The second kappa shape index (κ2) is 7.92. The van der Waals surface area contributed by atoms with Crippen molar-refractivity contribution in [1.82, 2.24) is 4.90 Å². The molecule has 158 valence electrons. The van der Waals surface area contributed by atoms with Gasteiger partial charge in [0, 0.05) is 43.7 Å². The van der Waals surface area contributed by atoms with Gasteiger partial charge in [0.05, 0.1) is 17.5 Å². The van der Waals surface area contributed by atoms with E-state index < -0.39 is 0 Å². The molecular weight excluding hydrogens is 399 g/mol. The Balaban J connectivity index is 1.40. The minimum absolute atomic E-state index is 0.110. The van der Waals surface area contributed by atoms with Crippen LogP contribution < -0.4 is 4.90 Å². The molecule has 0 spiro atoms. The zero-order chi connectivity index (χ0) is 21.4. The van der Waals surface area contributed by atoms with Gasteiger partial charge in [-0.05, 0) is 36.4 Å². The van der Waals surface area contributed by atoms with Crippen LogP contribution in [0.5, 0.6) is 5.75 Å². The number of nitrogens with zero attached hydrogens (tertiary/aromatic N) is 2. The Kier molecular flexibility index (Phi) is 4.95. The molecule has 31 heavy (non-hydrogen) atoms. The van der Waals surface area contributed by atoms with Crippen LogP contribution in [0.2, 0.25) is 0 Å². The molecule has 0 amide bonds. The van der Waals surface area contributed by atoms with Crippen molar-refractivity contribution in [2.45, 2.75) is 6.54 Å². The van der Waals surface area contributed by atoms with E-state index in [1.165, 1.54) is 18.6 Å². The van der Waals surface area contributed by atoms with Gasteiger partial charge < -0.3 is 18.8 Å². The number of phenolic OH excluding ortho intramolecular Hbond substituents is 1. The number of furan rings is 2. The lowest BCUT2D eigenvalue weighted by Gasteiger charge is -2.36. The van der Waals surface area contributed by atoms with Crippen molar-refractivity contribution in [3.63, 3.8) is 0 Å². The van der Waals surface area contributed by atoms with Gasteiger partial charge in [0.1, 0.15) is 23.4 Å². The predicted octanol–water partition coefficient (Wildman–Crippen LogP) is 4.42. The molecule has 2 aromatic carbocycles. The molecule has 1 aliphatic heterocycles. The molecule has 0 atom stereocenters. The molecule has 0 radical (unpaired) electrons. The minimum atomic E-state index is -0.292. The number of hydrogen-bond acceptors (Lipinski definition) is 6. The Labute approximate surface area is 178 Å². The highest BCUT2D eigenvalue weighted by molar-refractivity contribution is 6.15. The summed E-state index contributed by atoms with van der Waals surface area (Å²) in [6, 6.07) is 13.3. The molecular formula is C24H21FN2O4. The van der Waals surface area contributed by atoms with Crippen molar-refractivity contribution in [2.75, 3.05) is 31.1 Å². The third-order valence-electron chi connectivity index (χ3n) is 5.76. The van der Waals surface area contributed by atoms with Crippen molar-refractivity contribution in [3.05, 3.63) is 83.8 Å². The summed E-state index contributed by atoms with van der Waals surface area (Å²) < 4.78 is 25.0. The number of ketones is 1. The number of benzene rings is 2. The molecule has 2 aromatic heterocycles. The number of phenols is 1. The van der Waals surface area contributed by atoms with Crippen LogP contribution >= 0.6 is 0 Å². The van der Waals surface area contributed by atoms with Crippen LogP contribution in [0.3, 0.4) is 0 Å². The molecule has 0 aliphatic carbocycles. The van der Waals surface area contributed by atoms with Gasteiger partial charge in [-0.15, -0.1) is 0 Å². The summed E-state index contributed by atoms with van der Waals surface area (Å²) in [6.07, 6.45) is 2.86. The average molecular weight is 420 g/mol. The summed E-state index contributed by atoms with van der Waals surface area (Å²) in [7, 11) is 0. The third-order valence-corrected chi connectivity index (χ3v) is 5.76. The molecule has 7 heteroatoms. The largest absolute Gasteiger partial charge is 0.508 e. The summed E-state index contributed by atoms with van der Waals surface area (Å²) in [6.45, 7) is 3.18. The van der Waals surface area contributed by atoms with Gasteiger partial charge >= 0.3 is 0 Å². The topological polar surface area (TPSA) is 70.1 Å². The van der Waals surface area contributed by atoms with Gasteiger partial charge in [0.2, 0.25) is 5.78 Å². The highest BCUT2D eigenvalue weighted by Crippen LogP contribution is 2.34. The van der Waals surface area contributed by atoms with E-state index in [1.807, 2.05) is 11.0 Å². The van der Waals surface area contributed by atoms with Gasteiger partial charge in [-0.25, -0.2) is 4.39 Å². The first-order valence-corrected chi connectivity index (χ1v) is 10.1. The van der Waals surface area contributed by atoms with Crippen LogP contribution in [0.1, 0.15) is 21.7 Å². The minimum Gasteiger partial charge on any atom is -0.508 e. The normalized spacial score (nSPS) is 14.9. The molecule has 6 nitrogen and oxygen atoms in total. The number of carbonyl (C=O) groups excluding carboxylic acids is 1. The van der Waals surface area contributed by atoms with E-state index >= 15 is 0 Å². The van der Waals surface area contributed by atoms with E-state index in [2.05, 4.69) is 4.90 Å². The van der Waals surface area contributed by atoms with Crippen molar-refractivity contribution < 1.29 is 23.1 Å². The predicted molar refractivity (Wildman–Crippen MR) is 114 cm³/mol. The fourth-order valence-electron chi connectivity index (χ4n) is 4.14. The van der Waals surface area contributed by atoms with Crippen molar-refractivity contribution in [1.29, 1.82) is 0 Å². The second-order valence-electron chi connectivity index (χ2n) is 7.61. The fourth-order valence-corrected chi connectivity index (χ4v) is 4.14. The first kappa shape index (κ1) is 19.4. The number of hydrogen-bond donors (Lipinski definition) is 1. The van der Waals surface area contributed by atoms with Crippen molar-refractivity contribution in [3.8, 4) is 5.75 Å². The van der Waals surface area contributed by atoms with E-state index in [0.717, 1.165) is 0 Å². The molecule has 0 unspecified atom stereocenters. The lowest BCUT2D eigenvalue weighted by molar-refractivity contribution is 0.101. The summed E-state index contributed by atoms with van der Waals surface area (Å²) in [5.41, 5.74) is 2.14. The van der Waals surface area contributed by atoms with E-state index in [9.17, 15) is 14.3 Å². The lowest BCUT2D eigenvalue weighted by Crippen LogP contribution is -2.46. The molecule has 4 aromatic rings. The van der Waals surface area contributed by atoms with Gasteiger partial charge in [0.15, 0.2) is 5.76 Å². The number of halogens is 1. The van der Waals surface area contributed by atoms with Crippen LogP contribution in [0, 0.1) is 5.82 Å². The van der Waals surface area contributed by atoms with Crippen LogP contribution in [0.15, 0.2) is 69.9 Å². The molecule has 1 aliphatic rings. The quantitative estimate of drug-likeness (QED) is 0.482. The molecule has 5 rings (SSSR count). The lowest BCUT2D eigenvalue weighted by atomic mass is 10.0. The highest BCUT2D eigenvalue weighted by atomic mass is 19.1. The second-order valence-corrected chi connectivity index (χ2v) is 7.61. The van der Waals surface area contributed by atoms with E-state index in [0.29, 0.717) is 60.5 Å². The summed E-state index contributed by atoms with van der Waals surface area (Å²) in [4.78, 5) is 17.1.